The Hall–Kier alpha value is -0.460. The van der Waals surface area contributed by atoms with Gasteiger partial charge in [0.05, 0.1) is 8.61 Å². The minimum atomic E-state index is -2.82. The third kappa shape index (κ3) is 3.55. The van der Waals surface area contributed by atoms with E-state index in [4.69, 9.17) is 0 Å². The number of alkyl halides is 3. The molecule has 0 aliphatic carbocycles. The van der Waals surface area contributed by atoms with Crippen LogP contribution in [0.4, 0.5) is 8.78 Å². The molecular weight excluding hydrogens is 402 g/mol. The zero-order chi connectivity index (χ0) is 14.0. The normalized spacial score (nSPS) is 12.7. The van der Waals surface area contributed by atoms with Gasteiger partial charge in [-0.05, 0) is 40.5 Å². The second-order valence-electron chi connectivity index (χ2n) is 3.84. The summed E-state index contributed by atoms with van der Waals surface area (Å²) in [5.41, 5.74) is 1.73. The smallest absolute Gasteiger partial charge is 0.387 e. The van der Waals surface area contributed by atoms with Crippen LogP contribution in [-0.2, 0) is 0 Å². The van der Waals surface area contributed by atoms with Gasteiger partial charge < -0.3 is 4.74 Å². The first kappa shape index (κ1) is 14.9. The van der Waals surface area contributed by atoms with Crippen LogP contribution in [0.5, 0.6) is 5.75 Å². The van der Waals surface area contributed by atoms with Crippen molar-refractivity contribution >= 4 is 43.2 Å². The summed E-state index contributed by atoms with van der Waals surface area (Å²) in [6, 6.07) is 8.79. The van der Waals surface area contributed by atoms with E-state index in [-0.39, 0.29) is 10.6 Å². The third-order valence-electron chi connectivity index (χ3n) is 2.61. The summed E-state index contributed by atoms with van der Waals surface area (Å²) in [7, 11) is 0. The molecule has 1 aromatic heterocycles. The summed E-state index contributed by atoms with van der Waals surface area (Å²) in [6.45, 7) is -0.827. The Kier molecular flexibility index (Phi) is 4.97. The van der Waals surface area contributed by atoms with Crippen LogP contribution in [0, 0.1) is 6.92 Å². The van der Waals surface area contributed by atoms with Gasteiger partial charge in [-0.25, -0.2) is 0 Å². The molecule has 102 valence electrons. The van der Waals surface area contributed by atoms with Crippen LogP contribution >= 0.6 is 43.2 Å². The zero-order valence-corrected chi connectivity index (χ0v) is 13.9. The fourth-order valence-corrected chi connectivity index (χ4v) is 4.52. The summed E-state index contributed by atoms with van der Waals surface area (Å²) in [4.78, 5) is 0.950. The lowest BCUT2D eigenvalue weighted by Gasteiger charge is -2.15. The lowest BCUT2D eigenvalue weighted by Crippen LogP contribution is -2.05. The molecule has 1 unspecified atom stereocenters. The zero-order valence-electron chi connectivity index (χ0n) is 9.87. The van der Waals surface area contributed by atoms with Crippen LogP contribution in [0.2, 0.25) is 0 Å². The van der Waals surface area contributed by atoms with E-state index in [1.54, 1.807) is 35.6 Å². The van der Waals surface area contributed by atoms with E-state index in [9.17, 15) is 8.78 Å². The SMILES string of the molecule is Cc1sc(Br)cc1C(Br)c1ccccc1OC(F)F. The van der Waals surface area contributed by atoms with Crippen molar-refractivity contribution in [3.63, 3.8) is 0 Å². The third-order valence-corrected chi connectivity index (χ3v) is 5.16. The minimum Gasteiger partial charge on any atom is -0.434 e. The molecule has 1 nitrogen and oxygen atoms in total. The molecule has 6 heteroatoms. The maximum Gasteiger partial charge on any atom is 0.387 e. The van der Waals surface area contributed by atoms with Crippen LogP contribution in [0.3, 0.4) is 0 Å². The molecule has 1 heterocycles. The summed E-state index contributed by atoms with van der Waals surface area (Å²) in [5.74, 6) is 0.195. The molecule has 0 aliphatic rings. The molecule has 0 saturated heterocycles. The fraction of sp³-hybridized carbons (Fsp3) is 0.231. The van der Waals surface area contributed by atoms with E-state index in [1.807, 2.05) is 13.0 Å². The van der Waals surface area contributed by atoms with Gasteiger partial charge in [-0.15, -0.1) is 11.3 Å². The first-order chi connectivity index (χ1) is 8.99. The van der Waals surface area contributed by atoms with Gasteiger partial charge in [-0.2, -0.15) is 8.78 Å². The Bertz CT molecular complexity index is 572. The average molecular weight is 412 g/mol. The van der Waals surface area contributed by atoms with E-state index in [0.29, 0.717) is 5.56 Å². The Morgan fingerprint density at radius 1 is 1.21 bits per heavy atom. The van der Waals surface area contributed by atoms with Crippen LogP contribution in [-0.4, -0.2) is 6.61 Å². The topological polar surface area (TPSA) is 9.23 Å². The van der Waals surface area contributed by atoms with E-state index in [1.165, 1.54) is 0 Å². The Balaban J connectivity index is 2.38. The second-order valence-corrected chi connectivity index (χ2v) is 7.39. The van der Waals surface area contributed by atoms with Crippen LogP contribution in [0.1, 0.15) is 20.8 Å². The molecule has 1 atom stereocenters. The summed E-state index contributed by atoms with van der Waals surface area (Å²) >= 11 is 8.60. The monoisotopic (exact) mass is 410 g/mol. The molecule has 0 spiro atoms. The van der Waals surface area contributed by atoms with Gasteiger partial charge in [0.2, 0.25) is 0 Å². The first-order valence-corrected chi connectivity index (χ1v) is 7.95. The van der Waals surface area contributed by atoms with Gasteiger partial charge >= 0.3 is 6.61 Å². The molecule has 2 aromatic rings. The maximum absolute atomic E-state index is 12.4. The van der Waals surface area contributed by atoms with Crippen molar-refractivity contribution in [1.82, 2.24) is 0 Å². The van der Waals surface area contributed by atoms with Crippen molar-refractivity contribution in [2.75, 3.05) is 0 Å². The number of aryl methyl sites for hydroxylation is 1. The lowest BCUT2D eigenvalue weighted by molar-refractivity contribution is -0.0503. The largest absolute Gasteiger partial charge is 0.434 e. The average Bonchev–Trinajstić information content (AvgIpc) is 2.67. The van der Waals surface area contributed by atoms with Gasteiger partial charge in [-0.3, -0.25) is 0 Å². The van der Waals surface area contributed by atoms with Gasteiger partial charge in [0.15, 0.2) is 0 Å². The number of ether oxygens (including phenoxy) is 1. The van der Waals surface area contributed by atoms with E-state index >= 15 is 0 Å². The number of halogens is 4. The van der Waals surface area contributed by atoms with Crippen LogP contribution < -0.4 is 4.74 Å². The molecule has 2 rings (SSSR count). The molecule has 0 aliphatic heterocycles. The lowest BCUT2D eigenvalue weighted by atomic mass is 10.0. The first-order valence-electron chi connectivity index (χ1n) is 5.42. The van der Waals surface area contributed by atoms with E-state index in [2.05, 4.69) is 36.6 Å². The van der Waals surface area contributed by atoms with Crippen molar-refractivity contribution in [3.05, 3.63) is 50.1 Å². The van der Waals surface area contributed by atoms with Crippen molar-refractivity contribution in [3.8, 4) is 5.75 Å². The molecule has 0 amide bonds. The quantitative estimate of drug-likeness (QED) is 0.568. The number of para-hydroxylation sites is 1. The summed E-state index contributed by atoms with van der Waals surface area (Å²) < 4.78 is 30.4. The van der Waals surface area contributed by atoms with Crippen molar-refractivity contribution in [1.29, 1.82) is 0 Å². The number of thiophene rings is 1. The summed E-state index contributed by atoms with van der Waals surface area (Å²) in [5, 5.41) is 0. The maximum atomic E-state index is 12.4. The van der Waals surface area contributed by atoms with Crippen molar-refractivity contribution in [2.24, 2.45) is 0 Å². The van der Waals surface area contributed by atoms with Gasteiger partial charge in [0.1, 0.15) is 5.75 Å². The molecule has 19 heavy (non-hydrogen) atoms. The molecule has 0 saturated carbocycles. The van der Waals surface area contributed by atoms with Crippen molar-refractivity contribution in [2.45, 2.75) is 18.4 Å². The van der Waals surface area contributed by atoms with Gasteiger partial charge in [-0.1, -0.05) is 34.1 Å². The van der Waals surface area contributed by atoms with Gasteiger partial charge in [0.25, 0.3) is 0 Å². The standard InChI is InChI=1S/C13H10Br2F2OS/c1-7-9(6-11(14)19-7)12(15)8-4-2-3-5-10(8)18-13(16)17/h2-6,12-13H,1H3. The predicted octanol–water partition coefficient (Wildman–Crippen LogP) is 5.90. The molecule has 0 bridgehead atoms. The Labute approximate surface area is 130 Å². The summed E-state index contributed by atoms with van der Waals surface area (Å²) in [6.07, 6.45) is 0. The highest BCUT2D eigenvalue weighted by atomic mass is 79.9. The minimum absolute atomic E-state index is 0.176. The van der Waals surface area contributed by atoms with Crippen LogP contribution in [0.15, 0.2) is 34.1 Å². The fourth-order valence-electron chi connectivity index (χ4n) is 1.77. The van der Waals surface area contributed by atoms with Gasteiger partial charge in [0, 0.05) is 10.4 Å². The number of rotatable bonds is 4. The molecule has 0 fully saturated rings. The van der Waals surface area contributed by atoms with Crippen LogP contribution in [0.25, 0.3) is 0 Å². The second kappa shape index (κ2) is 6.33. The highest BCUT2D eigenvalue weighted by Crippen LogP contribution is 2.41. The highest BCUT2D eigenvalue weighted by molar-refractivity contribution is 9.11. The van der Waals surface area contributed by atoms with E-state index in [0.717, 1.165) is 14.2 Å². The number of hydrogen-bond donors (Lipinski definition) is 0. The Morgan fingerprint density at radius 2 is 1.89 bits per heavy atom. The number of hydrogen-bond acceptors (Lipinski definition) is 2. The Morgan fingerprint density at radius 3 is 2.47 bits per heavy atom. The molecule has 0 radical (unpaired) electrons. The predicted molar refractivity (Wildman–Crippen MR) is 80.6 cm³/mol. The molecule has 1 aromatic carbocycles. The molecular formula is C13H10Br2F2OS. The number of benzene rings is 1. The highest BCUT2D eigenvalue weighted by Gasteiger charge is 2.20. The van der Waals surface area contributed by atoms with Crippen molar-refractivity contribution < 1.29 is 13.5 Å². The van der Waals surface area contributed by atoms with E-state index < -0.39 is 6.61 Å². The molecule has 0 N–H and O–H groups in total.